The van der Waals surface area contributed by atoms with Crippen molar-refractivity contribution in [1.29, 1.82) is 0 Å². The summed E-state index contributed by atoms with van der Waals surface area (Å²) in [6.07, 6.45) is 13.5. The van der Waals surface area contributed by atoms with Gasteiger partial charge in [-0.2, -0.15) is 0 Å². The Balaban J connectivity index is 1.81. The van der Waals surface area contributed by atoms with Crippen LogP contribution in [0.4, 0.5) is 0 Å². The third-order valence-electron chi connectivity index (χ3n) is 3.67. The van der Waals surface area contributed by atoms with E-state index in [1.165, 1.54) is 50.8 Å². The summed E-state index contributed by atoms with van der Waals surface area (Å²) in [6.45, 7) is 4.22. The first-order valence-electron chi connectivity index (χ1n) is 7.13. The van der Waals surface area contributed by atoms with E-state index in [9.17, 15) is 0 Å². The van der Waals surface area contributed by atoms with Gasteiger partial charge >= 0.3 is 0 Å². The summed E-state index contributed by atoms with van der Waals surface area (Å²) in [6, 6.07) is 0.712. The van der Waals surface area contributed by atoms with Gasteiger partial charge in [-0.25, -0.2) is 4.98 Å². The van der Waals surface area contributed by atoms with Crippen LogP contribution in [0.5, 0.6) is 0 Å². The van der Waals surface area contributed by atoms with Crippen molar-refractivity contribution in [3.8, 4) is 0 Å². The average Bonchev–Trinajstić information content (AvgIpc) is 2.63. The Labute approximate surface area is 105 Å². The van der Waals surface area contributed by atoms with Crippen molar-refractivity contribution < 1.29 is 0 Å². The summed E-state index contributed by atoms with van der Waals surface area (Å²) in [7, 11) is 0. The van der Waals surface area contributed by atoms with Crippen LogP contribution in [0, 0.1) is 0 Å². The van der Waals surface area contributed by atoms with Crippen molar-refractivity contribution in [3.05, 3.63) is 18.2 Å². The molecule has 96 valence electrons. The largest absolute Gasteiger partial charge is 0.334 e. The van der Waals surface area contributed by atoms with E-state index in [0.717, 1.165) is 13.1 Å². The van der Waals surface area contributed by atoms with Gasteiger partial charge in [-0.15, -0.1) is 0 Å². The third kappa shape index (κ3) is 3.84. The molecule has 1 fully saturated rings. The first-order chi connectivity index (χ1) is 8.40. The van der Waals surface area contributed by atoms with Crippen LogP contribution in [0.25, 0.3) is 0 Å². The molecule has 0 aliphatic heterocycles. The number of aryl methyl sites for hydroxylation is 1. The number of imidazole rings is 1. The average molecular weight is 235 g/mol. The van der Waals surface area contributed by atoms with Gasteiger partial charge in [0.25, 0.3) is 0 Å². The van der Waals surface area contributed by atoms with Gasteiger partial charge in [0, 0.05) is 25.0 Å². The topological polar surface area (TPSA) is 29.9 Å². The Morgan fingerprint density at radius 3 is 2.76 bits per heavy atom. The van der Waals surface area contributed by atoms with Crippen molar-refractivity contribution in [2.75, 3.05) is 0 Å². The van der Waals surface area contributed by atoms with Crippen LogP contribution in [0.15, 0.2) is 12.4 Å². The van der Waals surface area contributed by atoms with Gasteiger partial charge in [-0.1, -0.05) is 32.6 Å². The zero-order chi connectivity index (χ0) is 11.9. The normalized spacial score (nSPS) is 18.2. The van der Waals surface area contributed by atoms with Crippen LogP contribution < -0.4 is 5.32 Å². The highest BCUT2D eigenvalue weighted by molar-refractivity contribution is 4.92. The minimum absolute atomic E-state index is 0.712. The molecule has 3 nitrogen and oxygen atoms in total. The Bertz CT molecular complexity index is 311. The van der Waals surface area contributed by atoms with Crippen LogP contribution in [0.3, 0.4) is 0 Å². The molecular formula is C14H25N3. The van der Waals surface area contributed by atoms with E-state index in [0.29, 0.717) is 6.04 Å². The zero-order valence-electron chi connectivity index (χ0n) is 11.0. The summed E-state index contributed by atoms with van der Waals surface area (Å²) >= 11 is 0. The molecule has 1 heterocycles. The second-order valence-corrected chi connectivity index (χ2v) is 5.11. The van der Waals surface area contributed by atoms with Gasteiger partial charge in [0.05, 0.1) is 6.54 Å². The number of aromatic nitrogens is 2. The fourth-order valence-corrected chi connectivity index (χ4v) is 2.67. The Kier molecular flexibility index (Phi) is 5.05. The molecule has 0 amide bonds. The summed E-state index contributed by atoms with van der Waals surface area (Å²) in [4.78, 5) is 4.44. The lowest BCUT2D eigenvalue weighted by molar-refractivity contribution is 0.445. The van der Waals surface area contributed by atoms with Gasteiger partial charge in [0.15, 0.2) is 0 Å². The molecule has 1 aliphatic carbocycles. The first-order valence-corrected chi connectivity index (χ1v) is 7.13. The molecule has 1 N–H and O–H groups in total. The standard InChI is InChI=1S/C14H25N3/c1-2-10-17-11-9-15-14(17)12-16-13-7-5-3-4-6-8-13/h9,11,13,16H,2-8,10,12H2,1H3. The number of hydrogen-bond acceptors (Lipinski definition) is 2. The van der Waals surface area contributed by atoms with E-state index in [1.54, 1.807) is 0 Å². The lowest BCUT2D eigenvalue weighted by Crippen LogP contribution is -2.29. The van der Waals surface area contributed by atoms with Gasteiger partial charge < -0.3 is 9.88 Å². The van der Waals surface area contributed by atoms with E-state index >= 15 is 0 Å². The summed E-state index contributed by atoms with van der Waals surface area (Å²) in [5.74, 6) is 1.19. The minimum Gasteiger partial charge on any atom is -0.334 e. The molecular weight excluding hydrogens is 210 g/mol. The molecule has 1 saturated carbocycles. The Hall–Kier alpha value is -0.830. The van der Waals surface area contributed by atoms with E-state index in [1.807, 2.05) is 6.20 Å². The second-order valence-electron chi connectivity index (χ2n) is 5.11. The maximum atomic E-state index is 4.44. The molecule has 0 saturated heterocycles. The van der Waals surface area contributed by atoms with Crippen LogP contribution in [0.2, 0.25) is 0 Å². The molecule has 0 aromatic carbocycles. The predicted molar refractivity (Wildman–Crippen MR) is 70.8 cm³/mol. The van der Waals surface area contributed by atoms with Gasteiger partial charge in [0.2, 0.25) is 0 Å². The Morgan fingerprint density at radius 2 is 2.06 bits per heavy atom. The number of nitrogens with one attached hydrogen (secondary N) is 1. The molecule has 0 atom stereocenters. The van der Waals surface area contributed by atoms with E-state index < -0.39 is 0 Å². The van der Waals surface area contributed by atoms with Crippen LogP contribution >= 0.6 is 0 Å². The van der Waals surface area contributed by atoms with E-state index in [4.69, 9.17) is 0 Å². The Morgan fingerprint density at radius 1 is 1.29 bits per heavy atom. The van der Waals surface area contributed by atoms with Gasteiger partial charge in [-0.05, 0) is 19.3 Å². The monoisotopic (exact) mass is 235 g/mol. The smallest absolute Gasteiger partial charge is 0.122 e. The minimum atomic E-state index is 0.712. The lowest BCUT2D eigenvalue weighted by Gasteiger charge is -2.16. The molecule has 3 heteroatoms. The third-order valence-corrected chi connectivity index (χ3v) is 3.67. The molecule has 1 aromatic rings. The highest BCUT2D eigenvalue weighted by Gasteiger charge is 2.12. The fourth-order valence-electron chi connectivity index (χ4n) is 2.67. The summed E-state index contributed by atoms with van der Waals surface area (Å²) in [5, 5.41) is 3.68. The van der Waals surface area contributed by atoms with E-state index in [-0.39, 0.29) is 0 Å². The molecule has 0 radical (unpaired) electrons. The fraction of sp³-hybridized carbons (Fsp3) is 0.786. The summed E-state index contributed by atoms with van der Waals surface area (Å²) in [5.41, 5.74) is 0. The number of rotatable bonds is 5. The van der Waals surface area contributed by atoms with Crippen LogP contribution in [-0.4, -0.2) is 15.6 Å². The number of hydrogen-bond donors (Lipinski definition) is 1. The highest BCUT2D eigenvalue weighted by Crippen LogP contribution is 2.17. The van der Waals surface area contributed by atoms with Crippen molar-refractivity contribution >= 4 is 0 Å². The van der Waals surface area contributed by atoms with Crippen molar-refractivity contribution in [3.63, 3.8) is 0 Å². The van der Waals surface area contributed by atoms with Crippen LogP contribution in [0.1, 0.15) is 57.7 Å². The molecule has 1 aromatic heterocycles. The van der Waals surface area contributed by atoms with Gasteiger partial charge in [0.1, 0.15) is 5.82 Å². The summed E-state index contributed by atoms with van der Waals surface area (Å²) < 4.78 is 2.27. The maximum Gasteiger partial charge on any atom is 0.122 e. The van der Waals surface area contributed by atoms with Crippen molar-refractivity contribution in [2.45, 2.75) is 71.0 Å². The van der Waals surface area contributed by atoms with Crippen molar-refractivity contribution in [2.24, 2.45) is 0 Å². The number of nitrogens with zero attached hydrogens (tertiary/aromatic N) is 2. The first kappa shape index (κ1) is 12.6. The molecule has 1 aliphatic rings. The highest BCUT2D eigenvalue weighted by atomic mass is 15.1. The lowest BCUT2D eigenvalue weighted by atomic mass is 10.1. The molecule has 17 heavy (non-hydrogen) atoms. The molecule has 0 bridgehead atoms. The molecule has 2 rings (SSSR count). The van der Waals surface area contributed by atoms with Gasteiger partial charge in [-0.3, -0.25) is 0 Å². The van der Waals surface area contributed by atoms with Crippen LogP contribution in [-0.2, 0) is 13.1 Å². The quantitative estimate of drug-likeness (QED) is 0.795. The SMILES string of the molecule is CCCn1ccnc1CNC1CCCCCC1. The van der Waals surface area contributed by atoms with E-state index in [2.05, 4.69) is 28.0 Å². The molecule has 0 unspecified atom stereocenters. The molecule has 0 spiro atoms. The predicted octanol–water partition coefficient (Wildman–Crippen LogP) is 3.11. The van der Waals surface area contributed by atoms with Crippen molar-refractivity contribution in [1.82, 2.24) is 14.9 Å². The maximum absolute atomic E-state index is 4.44. The zero-order valence-corrected chi connectivity index (χ0v) is 11.0. The second kappa shape index (κ2) is 6.80.